The molecule has 0 unspecified atom stereocenters. The lowest BCUT2D eigenvalue weighted by Gasteiger charge is -2.10. The summed E-state index contributed by atoms with van der Waals surface area (Å²) in [6.45, 7) is 1.92. The molecule has 4 aromatic rings. The second-order valence-corrected chi connectivity index (χ2v) is 8.33. The average Bonchev–Trinajstić information content (AvgIpc) is 3.18. The highest BCUT2D eigenvalue weighted by molar-refractivity contribution is 7.98. The number of para-hydroxylation sites is 1. The van der Waals surface area contributed by atoms with Crippen LogP contribution in [0.1, 0.15) is 21.7 Å². The summed E-state index contributed by atoms with van der Waals surface area (Å²) in [5.41, 5.74) is 3.02. The van der Waals surface area contributed by atoms with Gasteiger partial charge in [-0.25, -0.2) is 14.6 Å². The fourth-order valence-corrected chi connectivity index (χ4v) is 4.17. The van der Waals surface area contributed by atoms with Gasteiger partial charge in [0.1, 0.15) is 0 Å². The van der Waals surface area contributed by atoms with Crippen LogP contribution in [0.4, 0.5) is 5.69 Å². The Hall–Kier alpha value is -2.94. The maximum absolute atomic E-state index is 13.1. The van der Waals surface area contributed by atoms with Crippen LogP contribution in [0, 0.1) is 6.92 Å². The van der Waals surface area contributed by atoms with Gasteiger partial charge in [-0.05, 0) is 42.8 Å². The summed E-state index contributed by atoms with van der Waals surface area (Å²) in [5.74, 6) is -0.00393. The number of hydrogen-bond donors (Lipinski definition) is 1. The van der Waals surface area contributed by atoms with Crippen LogP contribution in [-0.2, 0) is 5.75 Å². The molecule has 10 heteroatoms. The number of halogens is 2. The van der Waals surface area contributed by atoms with Crippen molar-refractivity contribution in [1.82, 2.24) is 25.0 Å². The summed E-state index contributed by atoms with van der Waals surface area (Å²) < 4.78 is 1.56. The van der Waals surface area contributed by atoms with Crippen LogP contribution in [0.25, 0.3) is 5.69 Å². The molecular weight excluding hydrogens is 455 g/mol. The highest BCUT2D eigenvalue weighted by Crippen LogP contribution is 2.27. The number of aryl methyl sites for hydroxylation is 1. The molecule has 156 valence electrons. The Labute approximate surface area is 192 Å². The fraction of sp³-hybridized carbons (Fsp3) is 0.0952. The van der Waals surface area contributed by atoms with E-state index in [1.807, 2.05) is 31.2 Å². The molecule has 0 saturated carbocycles. The number of aromatic nitrogens is 5. The number of amides is 1. The monoisotopic (exact) mass is 470 g/mol. The van der Waals surface area contributed by atoms with Gasteiger partial charge in [-0.15, -0.1) is 5.10 Å². The average molecular weight is 471 g/mol. The summed E-state index contributed by atoms with van der Waals surface area (Å²) in [7, 11) is 0. The summed E-state index contributed by atoms with van der Waals surface area (Å²) in [5, 5.41) is 12.7. The highest BCUT2D eigenvalue weighted by atomic mass is 35.5. The summed E-state index contributed by atoms with van der Waals surface area (Å²) in [4.78, 5) is 21.5. The molecule has 2 heterocycles. The van der Waals surface area contributed by atoms with Gasteiger partial charge >= 0.3 is 0 Å². The van der Waals surface area contributed by atoms with Gasteiger partial charge in [0, 0.05) is 33.9 Å². The van der Waals surface area contributed by atoms with Gasteiger partial charge in [-0.3, -0.25) is 4.79 Å². The van der Waals surface area contributed by atoms with Gasteiger partial charge < -0.3 is 5.32 Å². The van der Waals surface area contributed by atoms with Crippen LogP contribution in [0.3, 0.4) is 0 Å². The first kappa shape index (κ1) is 21.3. The first-order valence-electron chi connectivity index (χ1n) is 9.19. The van der Waals surface area contributed by atoms with Crippen molar-refractivity contribution in [2.75, 3.05) is 5.32 Å². The number of nitrogens with zero attached hydrogens (tertiary/aromatic N) is 5. The first-order chi connectivity index (χ1) is 15.0. The number of nitrogens with one attached hydrogen (secondary N) is 1. The first-order valence-corrected chi connectivity index (χ1v) is 10.9. The normalized spacial score (nSPS) is 10.8. The van der Waals surface area contributed by atoms with Crippen molar-refractivity contribution in [2.45, 2.75) is 17.8 Å². The summed E-state index contributed by atoms with van der Waals surface area (Å²) in [6, 6.07) is 14.3. The highest BCUT2D eigenvalue weighted by Gasteiger charge is 2.22. The lowest BCUT2D eigenvalue weighted by Crippen LogP contribution is -2.16. The minimum absolute atomic E-state index is 0.197. The third-order valence-electron chi connectivity index (χ3n) is 4.34. The van der Waals surface area contributed by atoms with E-state index < -0.39 is 0 Å². The minimum atomic E-state index is -0.363. The maximum atomic E-state index is 13.1. The molecule has 1 N–H and O–H groups in total. The van der Waals surface area contributed by atoms with Gasteiger partial charge in [-0.2, -0.15) is 0 Å². The molecule has 0 aliphatic rings. The number of carbonyl (C=O) groups is 1. The van der Waals surface area contributed by atoms with Crippen molar-refractivity contribution in [3.8, 4) is 5.69 Å². The number of thioether (sulfide) groups is 1. The van der Waals surface area contributed by atoms with E-state index in [9.17, 15) is 4.79 Å². The molecule has 31 heavy (non-hydrogen) atoms. The van der Waals surface area contributed by atoms with Crippen molar-refractivity contribution in [2.24, 2.45) is 0 Å². The van der Waals surface area contributed by atoms with E-state index in [0.717, 1.165) is 5.56 Å². The molecule has 7 nitrogen and oxygen atoms in total. The molecule has 0 aliphatic heterocycles. The zero-order chi connectivity index (χ0) is 21.8. The third kappa shape index (κ3) is 5.04. The Morgan fingerprint density at radius 1 is 1.06 bits per heavy atom. The number of benzene rings is 2. The molecule has 2 aromatic carbocycles. The van der Waals surface area contributed by atoms with Crippen LogP contribution in [0.2, 0.25) is 10.0 Å². The van der Waals surface area contributed by atoms with Gasteiger partial charge in [0.05, 0.1) is 11.4 Å². The lowest BCUT2D eigenvalue weighted by atomic mass is 10.2. The van der Waals surface area contributed by atoms with Crippen molar-refractivity contribution >= 4 is 46.6 Å². The number of anilines is 1. The Bertz CT molecular complexity index is 1210. The fourth-order valence-electron chi connectivity index (χ4n) is 2.86. The molecule has 0 bridgehead atoms. The molecular formula is C21H16Cl2N6OS. The van der Waals surface area contributed by atoms with E-state index >= 15 is 0 Å². The topological polar surface area (TPSA) is 85.6 Å². The van der Waals surface area contributed by atoms with Crippen molar-refractivity contribution < 1.29 is 4.79 Å². The molecule has 1 amide bonds. The van der Waals surface area contributed by atoms with E-state index in [4.69, 9.17) is 23.2 Å². The third-order valence-corrected chi connectivity index (χ3v) is 5.67. The van der Waals surface area contributed by atoms with Crippen LogP contribution >= 0.6 is 35.0 Å². The SMILES string of the molecule is Cc1ccccc1NC(=O)c1nnn(-c2cc(Cl)cc(Cl)c2)c1CSc1ncccn1. The standard InChI is InChI=1S/C21H16Cl2N6OS/c1-13-5-2-3-6-17(13)26-20(30)19-18(12-31-21-24-7-4-8-25-21)29(28-27-19)16-10-14(22)9-15(23)11-16/h2-11H,12H2,1H3,(H,26,30). The largest absolute Gasteiger partial charge is 0.320 e. The second-order valence-electron chi connectivity index (χ2n) is 6.51. The van der Waals surface area contributed by atoms with Crippen molar-refractivity contribution in [3.63, 3.8) is 0 Å². The molecule has 0 fully saturated rings. The van der Waals surface area contributed by atoms with Crippen LogP contribution in [0.5, 0.6) is 0 Å². The molecule has 0 spiro atoms. The molecule has 0 aliphatic carbocycles. The van der Waals surface area contributed by atoms with Gasteiger partial charge in [0.15, 0.2) is 10.9 Å². The van der Waals surface area contributed by atoms with Crippen LogP contribution < -0.4 is 5.32 Å². The Morgan fingerprint density at radius 2 is 1.77 bits per heavy atom. The van der Waals surface area contributed by atoms with Gasteiger partial charge in [0.25, 0.3) is 5.91 Å². The van der Waals surface area contributed by atoms with E-state index in [-0.39, 0.29) is 11.6 Å². The Kier molecular flexibility index (Phi) is 6.50. The number of rotatable bonds is 6. The Balaban J connectivity index is 1.71. The van der Waals surface area contributed by atoms with E-state index in [2.05, 4.69) is 25.6 Å². The van der Waals surface area contributed by atoms with E-state index in [1.54, 1.807) is 41.3 Å². The van der Waals surface area contributed by atoms with Crippen molar-refractivity contribution in [1.29, 1.82) is 0 Å². The minimum Gasteiger partial charge on any atom is -0.320 e. The summed E-state index contributed by atoms with van der Waals surface area (Å²) >= 11 is 13.7. The quantitative estimate of drug-likeness (QED) is 0.307. The second kappa shape index (κ2) is 9.47. The smallest absolute Gasteiger partial charge is 0.278 e. The predicted molar refractivity (Wildman–Crippen MR) is 122 cm³/mol. The van der Waals surface area contributed by atoms with E-state index in [1.165, 1.54) is 11.8 Å². The van der Waals surface area contributed by atoms with Crippen molar-refractivity contribution in [3.05, 3.63) is 87.9 Å². The van der Waals surface area contributed by atoms with Gasteiger partial charge in [-0.1, -0.05) is 58.4 Å². The Morgan fingerprint density at radius 3 is 2.48 bits per heavy atom. The molecule has 0 saturated heterocycles. The molecule has 4 rings (SSSR count). The number of hydrogen-bond acceptors (Lipinski definition) is 6. The maximum Gasteiger partial charge on any atom is 0.278 e. The molecule has 0 atom stereocenters. The van der Waals surface area contributed by atoms with Gasteiger partial charge in [0.2, 0.25) is 0 Å². The van der Waals surface area contributed by atoms with E-state index in [0.29, 0.717) is 38.0 Å². The van der Waals surface area contributed by atoms with Crippen LogP contribution in [0.15, 0.2) is 66.1 Å². The predicted octanol–water partition coefficient (Wildman–Crippen LogP) is 5.22. The summed E-state index contributed by atoms with van der Waals surface area (Å²) in [6.07, 6.45) is 3.32. The molecule has 2 aromatic heterocycles. The zero-order valence-corrected chi connectivity index (χ0v) is 18.6. The lowest BCUT2D eigenvalue weighted by molar-refractivity contribution is 0.102. The molecule has 0 radical (unpaired) electrons. The number of carbonyl (C=O) groups excluding carboxylic acids is 1. The van der Waals surface area contributed by atoms with Crippen LogP contribution in [-0.4, -0.2) is 30.9 Å². The zero-order valence-electron chi connectivity index (χ0n) is 16.3.